The molecule has 0 saturated carbocycles. The van der Waals surface area contributed by atoms with Crippen molar-refractivity contribution in [3.8, 4) is 5.69 Å². The van der Waals surface area contributed by atoms with Gasteiger partial charge < -0.3 is 4.74 Å². The van der Waals surface area contributed by atoms with Crippen LogP contribution in [0, 0.1) is 6.92 Å². The van der Waals surface area contributed by atoms with Gasteiger partial charge in [-0.05, 0) is 43.7 Å². The van der Waals surface area contributed by atoms with Crippen LogP contribution in [-0.2, 0) is 9.53 Å². The molecule has 0 N–H and O–H groups in total. The normalized spacial score (nSPS) is 14.4. The third-order valence-corrected chi connectivity index (χ3v) is 5.25. The first-order chi connectivity index (χ1) is 15.0. The van der Waals surface area contributed by atoms with Gasteiger partial charge >= 0.3 is 5.97 Å². The highest BCUT2D eigenvalue weighted by Gasteiger charge is 2.28. The first kappa shape index (κ1) is 22.9. The number of aryl methyl sites for hydroxylation is 1. The lowest BCUT2D eigenvalue weighted by Crippen LogP contribution is -2.09. The van der Waals surface area contributed by atoms with Crippen molar-refractivity contribution in [2.24, 2.45) is 4.99 Å². The highest BCUT2D eigenvalue weighted by molar-refractivity contribution is 9.10. The Labute approximate surface area is 191 Å². The fourth-order valence-corrected chi connectivity index (χ4v) is 3.80. The van der Waals surface area contributed by atoms with Gasteiger partial charge in [0.05, 0.1) is 24.2 Å². The lowest BCUT2D eigenvalue weighted by Gasteiger charge is -2.14. The number of fused-ring (bicyclic) bond motifs is 3. The van der Waals surface area contributed by atoms with Crippen molar-refractivity contribution in [2.45, 2.75) is 46.1 Å². The number of nitrogens with zero attached hydrogens (tertiary/aromatic N) is 4. The summed E-state index contributed by atoms with van der Waals surface area (Å²) in [6.45, 7) is 6.27. The number of methoxy groups -OCH3 is 1. The van der Waals surface area contributed by atoms with Gasteiger partial charge in [-0.2, -0.15) is 0 Å². The van der Waals surface area contributed by atoms with Gasteiger partial charge in [-0.1, -0.05) is 42.3 Å². The summed E-state index contributed by atoms with van der Waals surface area (Å²) >= 11 is 3.58. The van der Waals surface area contributed by atoms with Crippen LogP contribution >= 0.6 is 15.9 Å². The van der Waals surface area contributed by atoms with E-state index in [1.54, 1.807) is 6.20 Å². The van der Waals surface area contributed by atoms with Gasteiger partial charge in [-0.25, -0.2) is 4.98 Å². The monoisotopic (exact) mass is 482 g/mol. The van der Waals surface area contributed by atoms with E-state index in [-0.39, 0.29) is 18.4 Å². The molecular weight excluding hydrogens is 456 g/mol. The molecule has 0 fully saturated rings. The highest BCUT2D eigenvalue weighted by Crippen LogP contribution is 2.34. The van der Waals surface area contributed by atoms with E-state index >= 15 is 0 Å². The molecule has 7 heteroatoms. The highest BCUT2D eigenvalue weighted by atomic mass is 79.9. The van der Waals surface area contributed by atoms with Gasteiger partial charge in [0.15, 0.2) is 0 Å². The van der Waals surface area contributed by atoms with Crippen LogP contribution in [0.5, 0.6) is 0 Å². The lowest BCUT2D eigenvalue weighted by molar-refractivity contribution is -0.140. The Bertz CT molecular complexity index is 1080. The maximum absolute atomic E-state index is 11.8. The molecular formula is C24H27BrN4O2. The first-order valence-electron chi connectivity index (χ1n) is 10.4. The van der Waals surface area contributed by atoms with Crippen LogP contribution in [0.25, 0.3) is 5.69 Å². The van der Waals surface area contributed by atoms with Gasteiger partial charge in [-0.3, -0.25) is 19.3 Å². The number of rotatable bonds is 4. The van der Waals surface area contributed by atoms with Crippen molar-refractivity contribution in [1.29, 1.82) is 0 Å². The summed E-state index contributed by atoms with van der Waals surface area (Å²) in [7, 11) is 1.40. The lowest BCUT2D eigenvalue weighted by atomic mass is 10.0. The zero-order valence-electron chi connectivity index (χ0n) is 18.3. The maximum Gasteiger partial charge on any atom is 0.305 e. The number of aliphatic imine (C=N–C) groups is 1. The number of carbonyl (C=O) groups is 1. The van der Waals surface area contributed by atoms with Crippen LogP contribution in [0.2, 0.25) is 0 Å². The molecule has 2 aromatic heterocycles. The van der Waals surface area contributed by atoms with E-state index in [1.807, 2.05) is 37.4 Å². The quantitative estimate of drug-likeness (QED) is 0.453. The molecule has 0 radical (unpaired) electrons. The Morgan fingerprint density at radius 2 is 1.97 bits per heavy atom. The van der Waals surface area contributed by atoms with Crippen molar-refractivity contribution in [1.82, 2.24) is 14.5 Å². The fraction of sp³-hybridized carbons (Fsp3) is 0.333. The smallest absolute Gasteiger partial charge is 0.305 e. The van der Waals surface area contributed by atoms with Crippen molar-refractivity contribution in [3.05, 3.63) is 76.0 Å². The molecule has 4 rings (SSSR count). The summed E-state index contributed by atoms with van der Waals surface area (Å²) in [5, 5.41) is 0. The van der Waals surface area contributed by atoms with Gasteiger partial charge in [0.1, 0.15) is 11.9 Å². The summed E-state index contributed by atoms with van der Waals surface area (Å²) in [5.41, 5.74) is 4.55. The molecule has 1 unspecified atom stereocenters. The topological polar surface area (TPSA) is 69.4 Å². The van der Waals surface area contributed by atoms with Crippen LogP contribution in [0.3, 0.4) is 0 Å². The molecule has 3 heterocycles. The summed E-state index contributed by atoms with van der Waals surface area (Å²) in [6, 6.07) is 11.6. The van der Waals surface area contributed by atoms with Crippen molar-refractivity contribution in [2.75, 3.05) is 7.11 Å². The van der Waals surface area contributed by atoms with Crippen LogP contribution in [-0.4, -0.2) is 33.3 Å². The molecule has 0 bridgehead atoms. The van der Waals surface area contributed by atoms with Crippen LogP contribution < -0.4 is 0 Å². The Morgan fingerprint density at radius 3 is 2.65 bits per heavy atom. The summed E-state index contributed by atoms with van der Waals surface area (Å²) in [6.07, 6.45) is 5.63. The van der Waals surface area contributed by atoms with Gasteiger partial charge in [0, 0.05) is 34.5 Å². The third kappa shape index (κ3) is 5.10. The van der Waals surface area contributed by atoms with E-state index in [9.17, 15) is 4.79 Å². The standard InChI is InChI=1S/C21H19BrN4O2.C3H8/c1-13-12-24-21-17(7-9-19(27)28-2)25-20(16-5-3-4-10-23-16)15-11-14(22)6-8-18(15)26(13)21;1-3-2/h3-6,8,10-12,17H,7,9H2,1-2H3;3H2,1-2H3. The molecule has 0 amide bonds. The molecule has 31 heavy (non-hydrogen) atoms. The number of ether oxygens (including phenoxy) is 1. The second kappa shape index (κ2) is 10.5. The average molecular weight is 483 g/mol. The molecule has 0 spiro atoms. The van der Waals surface area contributed by atoms with Crippen LogP contribution in [0.15, 0.2) is 58.3 Å². The van der Waals surface area contributed by atoms with Crippen LogP contribution in [0.4, 0.5) is 0 Å². The molecule has 6 nitrogen and oxygen atoms in total. The molecule has 1 aromatic carbocycles. The molecule has 0 aliphatic carbocycles. The second-order valence-electron chi connectivity index (χ2n) is 7.29. The minimum Gasteiger partial charge on any atom is -0.469 e. The predicted octanol–water partition coefficient (Wildman–Crippen LogP) is 5.60. The minimum atomic E-state index is -0.281. The number of benzene rings is 1. The molecule has 1 aliphatic rings. The fourth-order valence-electron chi connectivity index (χ4n) is 3.44. The Hall–Kier alpha value is -2.80. The van der Waals surface area contributed by atoms with E-state index in [0.29, 0.717) is 6.42 Å². The number of halogens is 1. The number of carbonyl (C=O) groups excluding carboxylic acids is 1. The molecule has 162 valence electrons. The average Bonchev–Trinajstić information content (AvgIpc) is 3.09. The van der Waals surface area contributed by atoms with E-state index in [2.05, 4.69) is 56.4 Å². The Morgan fingerprint density at radius 1 is 1.19 bits per heavy atom. The molecule has 0 saturated heterocycles. The summed E-state index contributed by atoms with van der Waals surface area (Å²) < 4.78 is 7.90. The van der Waals surface area contributed by atoms with Crippen molar-refractivity contribution in [3.63, 3.8) is 0 Å². The Kier molecular flexibility index (Phi) is 7.74. The third-order valence-electron chi connectivity index (χ3n) is 4.76. The van der Waals surface area contributed by atoms with Gasteiger partial charge in [0.2, 0.25) is 0 Å². The number of hydrogen-bond acceptors (Lipinski definition) is 5. The minimum absolute atomic E-state index is 0.256. The number of pyridine rings is 1. The summed E-state index contributed by atoms with van der Waals surface area (Å²) in [4.78, 5) is 25.9. The number of esters is 1. The maximum atomic E-state index is 11.8. The predicted molar refractivity (Wildman–Crippen MR) is 126 cm³/mol. The van der Waals surface area contributed by atoms with Crippen molar-refractivity contribution >= 4 is 27.6 Å². The number of aromatic nitrogens is 3. The van der Waals surface area contributed by atoms with Crippen molar-refractivity contribution < 1.29 is 9.53 Å². The molecule has 1 aliphatic heterocycles. The SMILES string of the molecule is CCC.COC(=O)CCC1N=C(c2ccccn2)c2cc(Br)ccc2-n2c(C)cnc21. The zero-order valence-corrected chi connectivity index (χ0v) is 19.9. The first-order valence-corrected chi connectivity index (χ1v) is 11.2. The van der Waals surface area contributed by atoms with E-state index in [1.165, 1.54) is 13.5 Å². The van der Waals surface area contributed by atoms with Crippen LogP contribution in [0.1, 0.15) is 61.9 Å². The van der Waals surface area contributed by atoms with E-state index < -0.39 is 0 Å². The largest absolute Gasteiger partial charge is 0.469 e. The second-order valence-corrected chi connectivity index (χ2v) is 8.20. The molecule has 3 aromatic rings. The van der Waals surface area contributed by atoms with Gasteiger partial charge in [0.25, 0.3) is 0 Å². The molecule has 1 atom stereocenters. The van der Waals surface area contributed by atoms with E-state index in [0.717, 1.165) is 38.6 Å². The number of imidazole rings is 1. The Balaban J connectivity index is 0.000000858. The summed E-state index contributed by atoms with van der Waals surface area (Å²) in [5.74, 6) is 0.560. The van der Waals surface area contributed by atoms with Gasteiger partial charge in [-0.15, -0.1) is 0 Å². The van der Waals surface area contributed by atoms with E-state index in [4.69, 9.17) is 9.73 Å². The number of hydrogen-bond donors (Lipinski definition) is 0. The zero-order chi connectivity index (χ0) is 22.4.